The summed E-state index contributed by atoms with van der Waals surface area (Å²) < 4.78 is 37.5. The lowest BCUT2D eigenvalue weighted by Crippen LogP contribution is -2.46. The molecule has 1 fully saturated rings. The second kappa shape index (κ2) is 8.50. The Morgan fingerprint density at radius 3 is 2.52 bits per heavy atom. The summed E-state index contributed by atoms with van der Waals surface area (Å²) >= 11 is 0.996. The van der Waals surface area contributed by atoms with Gasteiger partial charge in [-0.05, 0) is 24.7 Å². The van der Waals surface area contributed by atoms with E-state index >= 15 is 0 Å². The van der Waals surface area contributed by atoms with E-state index in [1.54, 1.807) is 7.05 Å². The summed E-state index contributed by atoms with van der Waals surface area (Å²) in [6.45, 7) is 3.26. The molecule has 132 valence electrons. The molecule has 0 bridgehead atoms. The van der Waals surface area contributed by atoms with Crippen molar-refractivity contribution in [3.05, 3.63) is 16.1 Å². The highest BCUT2D eigenvalue weighted by atomic mass is 127. The van der Waals surface area contributed by atoms with Gasteiger partial charge in [0.15, 0.2) is 11.7 Å². The van der Waals surface area contributed by atoms with Crippen LogP contribution in [0.3, 0.4) is 0 Å². The molecule has 1 heterocycles. The van der Waals surface area contributed by atoms with Gasteiger partial charge >= 0.3 is 6.18 Å². The van der Waals surface area contributed by atoms with E-state index in [9.17, 15) is 13.2 Å². The predicted octanol–water partition coefficient (Wildman–Crippen LogP) is 4.03. The number of hydrogen-bond donors (Lipinski definition) is 2. The van der Waals surface area contributed by atoms with E-state index in [0.29, 0.717) is 16.4 Å². The van der Waals surface area contributed by atoms with Crippen LogP contribution in [0.5, 0.6) is 0 Å². The van der Waals surface area contributed by atoms with Crippen LogP contribution in [0.15, 0.2) is 10.4 Å². The van der Waals surface area contributed by atoms with Crippen molar-refractivity contribution in [3.8, 4) is 0 Å². The van der Waals surface area contributed by atoms with E-state index in [1.807, 2.05) is 0 Å². The van der Waals surface area contributed by atoms with Gasteiger partial charge in [0, 0.05) is 19.0 Å². The van der Waals surface area contributed by atoms with Crippen molar-refractivity contribution >= 4 is 41.3 Å². The van der Waals surface area contributed by atoms with Crippen LogP contribution in [-0.4, -0.2) is 24.5 Å². The summed E-state index contributed by atoms with van der Waals surface area (Å²) in [6, 6.07) is 0. The third kappa shape index (κ3) is 5.47. The fourth-order valence-electron chi connectivity index (χ4n) is 2.51. The zero-order valence-electron chi connectivity index (χ0n) is 13.2. The Bertz CT molecular complexity index is 521. The van der Waals surface area contributed by atoms with Crippen molar-refractivity contribution in [2.45, 2.75) is 45.3 Å². The molecule has 1 aliphatic rings. The van der Waals surface area contributed by atoms with Crippen LogP contribution in [0.4, 0.5) is 13.2 Å². The Balaban J connectivity index is 0.00000264. The van der Waals surface area contributed by atoms with Gasteiger partial charge in [-0.1, -0.05) is 13.3 Å². The number of guanidine groups is 1. The highest BCUT2D eigenvalue weighted by Crippen LogP contribution is 2.43. The molecule has 4 nitrogen and oxygen atoms in total. The van der Waals surface area contributed by atoms with Gasteiger partial charge in [0.05, 0.1) is 6.54 Å². The lowest BCUT2D eigenvalue weighted by atomic mass is 9.67. The number of halogens is 4. The van der Waals surface area contributed by atoms with E-state index in [1.165, 1.54) is 19.3 Å². The van der Waals surface area contributed by atoms with E-state index in [0.717, 1.165) is 29.7 Å². The SMILES string of the molecule is CCC1(CNC(=NC)NCc2nc(C(F)(F)F)cs2)CCC1.I. The number of nitrogens with zero attached hydrogens (tertiary/aromatic N) is 2. The van der Waals surface area contributed by atoms with Crippen molar-refractivity contribution in [1.82, 2.24) is 15.6 Å². The minimum Gasteiger partial charge on any atom is -0.356 e. The zero-order valence-corrected chi connectivity index (χ0v) is 16.3. The van der Waals surface area contributed by atoms with Gasteiger partial charge in [0.2, 0.25) is 0 Å². The van der Waals surface area contributed by atoms with Gasteiger partial charge in [0.25, 0.3) is 0 Å². The third-order valence-electron chi connectivity index (χ3n) is 4.27. The molecule has 1 aliphatic carbocycles. The van der Waals surface area contributed by atoms with Crippen molar-refractivity contribution in [2.75, 3.05) is 13.6 Å². The summed E-state index contributed by atoms with van der Waals surface area (Å²) in [7, 11) is 1.65. The lowest BCUT2D eigenvalue weighted by molar-refractivity contribution is -0.140. The summed E-state index contributed by atoms with van der Waals surface area (Å²) in [5.41, 5.74) is -0.487. The van der Waals surface area contributed by atoms with E-state index in [4.69, 9.17) is 0 Å². The molecular weight excluding hydrogens is 440 g/mol. The molecule has 0 atom stereocenters. The zero-order chi connectivity index (χ0) is 16.2. The molecule has 9 heteroatoms. The van der Waals surface area contributed by atoms with Gasteiger partial charge < -0.3 is 10.6 Å². The second-order valence-electron chi connectivity index (χ2n) is 5.61. The Morgan fingerprint density at radius 1 is 1.39 bits per heavy atom. The van der Waals surface area contributed by atoms with Gasteiger partial charge in [-0.15, -0.1) is 35.3 Å². The molecule has 0 unspecified atom stereocenters. The monoisotopic (exact) mass is 462 g/mol. The summed E-state index contributed by atoms with van der Waals surface area (Å²) in [4.78, 5) is 7.69. The van der Waals surface area contributed by atoms with Crippen LogP contribution >= 0.6 is 35.3 Å². The number of nitrogens with one attached hydrogen (secondary N) is 2. The number of alkyl halides is 3. The average Bonchev–Trinajstić information content (AvgIpc) is 2.90. The number of aromatic nitrogens is 1. The first-order chi connectivity index (χ1) is 10.4. The lowest BCUT2D eigenvalue weighted by Gasteiger charge is -2.41. The number of aliphatic imine (C=N–C) groups is 1. The first-order valence-corrected chi connectivity index (χ1v) is 8.23. The molecular formula is C14H22F3IN4S. The fourth-order valence-corrected chi connectivity index (χ4v) is 3.25. The molecule has 0 radical (unpaired) electrons. The van der Waals surface area contributed by atoms with Crippen LogP contribution in [0.2, 0.25) is 0 Å². The molecule has 2 rings (SSSR count). The molecule has 0 saturated heterocycles. The van der Waals surface area contributed by atoms with Gasteiger partial charge in [0.1, 0.15) is 5.01 Å². The first-order valence-electron chi connectivity index (χ1n) is 7.35. The summed E-state index contributed by atoms with van der Waals surface area (Å²) in [5, 5.41) is 7.71. The molecule has 23 heavy (non-hydrogen) atoms. The molecule has 0 amide bonds. The fraction of sp³-hybridized carbons (Fsp3) is 0.714. The summed E-state index contributed by atoms with van der Waals surface area (Å²) in [5.74, 6) is 0.600. The third-order valence-corrected chi connectivity index (χ3v) is 5.12. The Labute approximate surface area is 155 Å². The highest BCUT2D eigenvalue weighted by molar-refractivity contribution is 14.0. The molecule has 1 saturated carbocycles. The number of hydrogen-bond acceptors (Lipinski definition) is 3. The standard InChI is InChI=1S/C14H21F3N4S.HI/c1-3-13(5-4-6-13)9-20-12(18-2)19-7-11-21-10(8-22-11)14(15,16)17;/h8H,3-7,9H2,1-2H3,(H2,18,19,20);1H. The quantitative estimate of drug-likeness (QED) is 0.395. The van der Waals surface area contributed by atoms with Crippen LogP contribution < -0.4 is 10.6 Å². The highest BCUT2D eigenvalue weighted by Gasteiger charge is 2.35. The van der Waals surface area contributed by atoms with Crippen molar-refractivity contribution < 1.29 is 13.2 Å². The maximum Gasteiger partial charge on any atom is 0.434 e. The predicted molar refractivity (Wildman–Crippen MR) is 97.3 cm³/mol. The minimum absolute atomic E-state index is 0. The van der Waals surface area contributed by atoms with Crippen LogP contribution in [0, 0.1) is 5.41 Å². The molecule has 2 N–H and O–H groups in total. The number of thiazole rings is 1. The van der Waals surface area contributed by atoms with Crippen molar-refractivity contribution in [2.24, 2.45) is 10.4 Å². The van der Waals surface area contributed by atoms with E-state index < -0.39 is 11.9 Å². The first kappa shape index (κ1) is 20.5. The maximum atomic E-state index is 12.5. The molecule has 1 aromatic rings. The van der Waals surface area contributed by atoms with Crippen LogP contribution in [0.25, 0.3) is 0 Å². The van der Waals surface area contributed by atoms with Gasteiger partial charge in [-0.2, -0.15) is 13.2 Å². The normalized spacial score (nSPS) is 17.2. The van der Waals surface area contributed by atoms with E-state index in [2.05, 4.69) is 27.5 Å². The Hall–Kier alpha value is -0.580. The largest absolute Gasteiger partial charge is 0.434 e. The molecule has 1 aromatic heterocycles. The Morgan fingerprint density at radius 2 is 2.09 bits per heavy atom. The van der Waals surface area contributed by atoms with Gasteiger partial charge in [-0.25, -0.2) is 4.98 Å². The molecule has 0 aromatic carbocycles. The molecule has 0 spiro atoms. The van der Waals surface area contributed by atoms with Crippen LogP contribution in [0.1, 0.15) is 43.3 Å². The smallest absolute Gasteiger partial charge is 0.356 e. The molecule has 0 aliphatic heterocycles. The second-order valence-corrected chi connectivity index (χ2v) is 6.55. The van der Waals surface area contributed by atoms with Gasteiger partial charge in [-0.3, -0.25) is 4.99 Å². The minimum atomic E-state index is -4.38. The topological polar surface area (TPSA) is 49.3 Å². The summed E-state index contributed by atoms with van der Waals surface area (Å²) in [6.07, 6.45) is 0.440. The Kier molecular flexibility index (Phi) is 7.56. The maximum absolute atomic E-state index is 12.5. The average molecular weight is 462 g/mol. The number of rotatable bonds is 5. The van der Waals surface area contributed by atoms with Crippen molar-refractivity contribution in [3.63, 3.8) is 0 Å². The van der Waals surface area contributed by atoms with E-state index in [-0.39, 0.29) is 30.5 Å². The van der Waals surface area contributed by atoms with Crippen LogP contribution in [-0.2, 0) is 12.7 Å². The van der Waals surface area contributed by atoms with Crippen molar-refractivity contribution in [1.29, 1.82) is 0 Å².